The molecule has 0 bridgehead atoms. The molecule has 2 heterocycles. The fraction of sp³-hybridized carbons (Fsp3) is 0.429. The molecule has 1 unspecified atom stereocenters. The topological polar surface area (TPSA) is 97.6 Å². The quantitative estimate of drug-likeness (QED) is 0.825. The normalized spacial score (nSPS) is 19.8. The molecule has 7 heteroatoms. The van der Waals surface area contributed by atoms with Crippen molar-refractivity contribution in [3.8, 4) is 17.2 Å². The molecule has 1 saturated heterocycles. The van der Waals surface area contributed by atoms with Gasteiger partial charge >= 0.3 is 0 Å². The van der Waals surface area contributed by atoms with E-state index in [4.69, 9.17) is 15.0 Å². The second-order valence-electron chi connectivity index (χ2n) is 4.99. The van der Waals surface area contributed by atoms with Gasteiger partial charge in [-0.25, -0.2) is 0 Å². The highest BCUT2D eigenvalue weighted by molar-refractivity contribution is 5.66. The lowest BCUT2D eigenvalue weighted by Crippen LogP contribution is -2.38. The molecule has 3 rings (SSSR count). The van der Waals surface area contributed by atoms with Crippen LogP contribution in [0.4, 0.5) is 5.69 Å². The molecule has 7 nitrogen and oxygen atoms in total. The molecule has 21 heavy (non-hydrogen) atoms. The van der Waals surface area contributed by atoms with E-state index < -0.39 is 0 Å². The number of nitrogens with zero attached hydrogens (tertiary/aromatic N) is 3. The van der Waals surface area contributed by atoms with E-state index in [9.17, 15) is 5.11 Å². The third-order valence-corrected chi connectivity index (χ3v) is 3.58. The van der Waals surface area contributed by atoms with Crippen molar-refractivity contribution in [3.63, 3.8) is 0 Å². The third-order valence-electron chi connectivity index (χ3n) is 3.58. The van der Waals surface area contributed by atoms with E-state index in [-0.39, 0.29) is 17.7 Å². The van der Waals surface area contributed by atoms with Crippen LogP contribution in [0, 0.1) is 0 Å². The highest BCUT2D eigenvalue weighted by atomic mass is 16.5. The van der Waals surface area contributed by atoms with Crippen molar-refractivity contribution in [2.24, 2.45) is 0 Å². The van der Waals surface area contributed by atoms with Crippen molar-refractivity contribution in [2.75, 3.05) is 32.0 Å². The molecular formula is C14H18N4O3. The summed E-state index contributed by atoms with van der Waals surface area (Å²) in [5.74, 6) is 0.782. The minimum absolute atomic E-state index is 0.0185. The summed E-state index contributed by atoms with van der Waals surface area (Å²) in [5, 5.41) is 13.9. The van der Waals surface area contributed by atoms with Gasteiger partial charge < -0.3 is 20.1 Å². The first-order chi connectivity index (χ1) is 10.2. The van der Waals surface area contributed by atoms with Crippen LogP contribution in [0.25, 0.3) is 11.5 Å². The van der Waals surface area contributed by atoms with Crippen LogP contribution in [-0.2, 0) is 4.74 Å². The van der Waals surface area contributed by atoms with E-state index in [1.165, 1.54) is 6.07 Å². The SMILES string of the molecule is CCN1CCOC(c2noc(-c3ccc(N)cc3O)n2)C1. The van der Waals surface area contributed by atoms with Gasteiger partial charge in [-0.1, -0.05) is 12.1 Å². The Morgan fingerprint density at radius 3 is 3.10 bits per heavy atom. The number of rotatable bonds is 3. The lowest BCUT2D eigenvalue weighted by atomic mass is 10.2. The zero-order valence-corrected chi connectivity index (χ0v) is 11.8. The maximum Gasteiger partial charge on any atom is 0.261 e. The summed E-state index contributed by atoms with van der Waals surface area (Å²) in [7, 11) is 0. The Morgan fingerprint density at radius 1 is 1.48 bits per heavy atom. The van der Waals surface area contributed by atoms with Crippen molar-refractivity contribution in [1.29, 1.82) is 0 Å². The summed E-state index contributed by atoms with van der Waals surface area (Å²) in [6, 6.07) is 4.78. The molecule has 0 aliphatic carbocycles. The number of nitrogen functional groups attached to an aromatic ring is 1. The molecule has 1 aliphatic heterocycles. The van der Waals surface area contributed by atoms with Crippen LogP contribution in [-0.4, -0.2) is 46.4 Å². The number of hydrogen-bond acceptors (Lipinski definition) is 7. The van der Waals surface area contributed by atoms with Gasteiger partial charge in [-0.2, -0.15) is 4.98 Å². The summed E-state index contributed by atoms with van der Waals surface area (Å²) in [5.41, 5.74) is 6.55. The molecule has 1 fully saturated rings. The molecular weight excluding hydrogens is 272 g/mol. The van der Waals surface area contributed by atoms with E-state index in [1.807, 2.05) is 0 Å². The Hall–Kier alpha value is -2.12. The smallest absolute Gasteiger partial charge is 0.261 e. The number of hydrogen-bond donors (Lipinski definition) is 2. The zero-order valence-electron chi connectivity index (χ0n) is 11.8. The van der Waals surface area contributed by atoms with Crippen LogP contribution < -0.4 is 5.73 Å². The average molecular weight is 290 g/mol. The molecule has 1 aromatic carbocycles. The Labute approximate surface area is 122 Å². The number of phenolic OH excluding ortho intramolecular Hbond substituents is 1. The van der Waals surface area contributed by atoms with Gasteiger partial charge in [0.25, 0.3) is 5.89 Å². The van der Waals surface area contributed by atoms with Crippen LogP contribution in [0.1, 0.15) is 18.9 Å². The van der Waals surface area contributed by atoms with Crippen LogP contribution in [0.2, 0.25) is 0 Å². The average Bonchev–Trinajstić information content (AvgIpc) is 2.97. The Kier molecular flexibility index (Phi) is 3.76. The number of aromatic hydroxyl groups is 1. The predicted octanol–water partition coefficient (Wildman–Crippen LogP) is 1.42. The van der Waals surface area contributed by atoms with Gasteiger partial charge in [0.2, 0.25) is 5.82 Å². The van der Waals surface area contributed by atoms with Crippen molar-refractivity contribution in [3.05, 3.63) is 24.0 Å². The van der Waals surface area contributed by atoms with Crippen LogP contribution in [0.15, 0.2) is 22.7 Å². The summed E-state index contributed by atoms with van der Waals surface area (Å²) in [6.07, 6.45) is -0.202. The lowest BCUT2D eigenvalue weighted by Gasteiger charge is -2.30. The fourth-order valence-corrected chi connectivity index (χ4v) is 2.35. The van der Waals surface area contributed by atoms with Crippen LogP contribution in [0.3, 0.4) is 0 Å². The first kappa shape index (κ1) is 13.8. The molecule has 3 N–H and O–H groups in total. The Bertz CT molecular complexity index is 628. The van der Waals surface area contributed by atoms with Gasteiger partial charge in [-0.15, -0.1) is 0 Å². The van der Waals surface area contributed by atoms with E-state index in [2.05, 4.69) is 22.0 Å². The third kappa shape index (κ3) is 2.84. The predicted molar refractivity (Wildman–Crippen MR) is 76.6 cm³/mol. The van der Waals surface area contributed by atoms with Gasteiger partial charge in [0.1, 0.15) is 11.9 Å². The molecule has 1 aromatic heterocycles. The first-order valence-corrected chi connectivity index (χ1v) is 6.93. The summed E-state index contributed by atoms with van der Waals surface area (Å²) in [4.78, 5) is 6.60. The van der Waals surface area contributed by atoms with Gasteiger partial charge in [-0.05, 0) is 18.7 Å². The monoisotopic (exact) mass is 290 g/mol. The molecule has 0 radical (unpaired) electrons. The van der Waals surface area contributed by atoms with Gasteiger partial charge in [0, 0.05) is 24.8 Å². The van der Waals surface area contributed by atoms with E-state index in [1.54, 1.807) is 12.1 Å². The van der Waals surface area contributed by atoms with Crippen LogP contribution in [0.5, 0.6) is 5.75 Å². The molecule has 0 saturated carbocycles. The zero-order chi connectivity index (χ0) is 14.8. The highest BCUT2D eigenvalue weighted by Crippen LogP contribution is 2.30. The first-order valence-electron chi connectivity index (χ1n) is 6.93. The van der Waals surface area contributed by atoms with Crippen LogP contribution >= 0.6 is 0 Å². The minimum Gasteiger partial charge on any atom is -0.507 e. The number of morpholine rings is 1. The van der Waals surface area contributed by atoms with E-state index >= 15 is 0 Å². The van der Waals surface area contributed by atoms with Gasteiger partial charge in [0.05, 0.1) is 12.2 Å². The maximum atomic E-state index is 9.90. The van der Waals surface area contributed by atoms with Crippen molar-refractivity contribution >= 4 is 5.69 Å². The van der Waals surface area contributed by atoms with E-state index in [0.717, 1.165) is 19.6 Å². The number of phenols is 1. The van der Waals surface area contributed by atoms with Crippen molar-refractivity contribution < 1.29 is 14.4 Å². The van der Waals surface area contributed by atoms with Gasteiger partial charge in [0.15, 0.2) is 0 Å². The minimum atomic E-state index is -0.202. The number of benzene rings is 1. The Balaban J connectivity index is 1.83. The van der Waals surface area contributed by atoms with Crippen molar-refractivity contribution in [1.82, 2.24) is 15.0 Å². The molecule has 1 aliphatic rings. The summed E-state index contributed by atoms with van der Waals surface area (Å²) < 4.78 is 10.9. The largest absolute Gasteiger partial charge is 0.507 e. The maximum absolute atomic E-state index is 9.90. The number of anilines is 1. The van der Waals surface area contributed by atoms with Crippen molar-refractivity contribution in [2.45, 2.75) is 13.0 Å². The highest BCUT2D eigenvalue weighted by Gasteiger charge is 2.26. The number of ether oxygens (including phenoxy) is 1. The molecule has 2 aromatic rings. The number of nitrogens with two attached hydrogens (primary N) is 1. The molecule has 0 spiro atoms. The molecule has 112 valence electrons. The Morgan fingerprint density at radius 2 is 2.33 bits per heavy atom. The molecule has 0 amide bonds. The number of likely N-dealkylation sites (N-methyl/N-ethyl adjacent to an activating group) is 1. The lowest BCUT2D eigenvalue weighted by molar-refractivity contribution is -0.0334. The fourth-order valence-electron chi connectivity index (χ4n) is 2.35. The second-order valence-corrected chi connectivity index (χ2v) is 4.99. The standard InChI is InChI=1S/C14H18N4O3/c1-2-18-5-6-20-12(8-18)13-16-14(21-17-13)10-4-3-9(15)7-11(10)19/h3-4,7,12,19H,2,5-6,8,15H2,1H3. The number of aromatic nitrogens is 2. The summed E-state index contributed by atoms with van der Waals surface area (Å²) >= 11 is 0. The van der Waals surface area contributed by atoms with Gasteiger partial charge in [-0.3, -0.25) is 4.90 Å². The van der Waals surface area contributed by atoms with E-state index in [0.29, 0.717) is 23.7 Å². The molecule has 1 atom stereocenters. The summed E-state index contributed by atoms with van der Waals surface area (Å²) in [6.45, 7) is 5.37. The second kappa shape index (κ2) is 5.71.